The highest BCUT2D eigenvalue weighted by molar-refractivity contribution is 6.30. The van der Waals surface area contributed by atoms with Crippen LogP contribution in [0.3, 0.4) is 0 Å². The molecule has 1 aromatic carbocycles. The Hall–Kier alpha value is -1.88. The number of aromatic nitrogens is 2. The Balaban J connectivity index is 2.24. The maximum Gasteiger partial charge on any atom is 0.224 e. The molecule has 4 nitrogen and oxygen atoms in total. The first kappa shape index (κ1) is 13.5. The van der Waals surface area contributed by atoms with Gasteiger partial charge in [-0.25, -0.2) is 9.37 Å². The van der Waals surface area contributed by atoms with Gasteiger partial charge in [-0.15, -0.1) is 0 Å². The Morgan fingerprint density at radius 3 is 2.79 bits per heavy atom. The highest BCUT2D eigenvalue weighted by atomic mass is 35.5. The predicted octanol–water partition coefficient (Wildman–Crippen LogP) is 3.80. The Morgan fingerprint density at radius 2 is 2.11 bits per heavy atom. The van der Waals surface area contributed by atoms with E-state index in [2.05, 4.69) is 15.3 Å². The molecule has 2 aromatic rings. The van der Waals surface area contributed by atoms with Crippen LogP contribution in [-0.2, 0) is 0 Å². The zero-order valence-electron chi connectivity index (χ0n) is 10.6. The van der Waals surface area contributed by atoms with E-state index in [-0.39, 0.29) is 5.02 Å². The fraction of sp³-hybridized carbons (Fsp3) is 0.231. The van der Waals surface area contributed by atoms with E-state index in [9.17, 15) is 4.39 Å². The van der Waals surface area contributed by atoms with Gasteiger partial charge in [-0.2, -0.15) is 4.98 Å². The van der Waals surface area contributed by atoms with Gasteiger partial charge in [0.15, 0.2) is 0 Å². The highest BCUT2D eigenvalue weighted by Gasteiger charge is 2.06. The van der Waals surface area contributed by atoms with Crippen LogP contribution in [0.4, 0.5) is 10.2 Å². The quantitative estimate of drug-likeness (QED) is 0.926. The Labute approximate surface area is 115 Å². The second-order valence-electron chi connectivity index (χ2n) is 3.85. The summed E-state index contributed by atoms with van der Waals surface area (Å²) < 4.78 is 18.8. The molecule has 2 rings (SSSR count). The lowest BCUT2D eigenvalue weighted by Crippen LogP contribution is -2.02. The van der Waals surface area contributed by atoms with Gasteiger partial charge in [-0.05, 0) is 26.0 Å². The van der Waals surface area contributed by atoms with Gasteiger partial charge in [0.05, 0.1) is 5.02 Å². The van der Waals surface area contributed by atoms with E-state index < -0.39 is 5.82 Å². The molecule has 0 spiro atoms. The van der Waals surface area contributed by atoms with E-state index in [0.717, 1.165) is 6.54 Å². The van der Waals surface area contributed by atoms with Crippen LogP contribution >= 0.6 is 11.6 Å². The Kier molecular flexibility index (Phi) is 4.16. The molecule has 0 bridgehead atoms. The van der Waals surface area contributed by atoms with Crippen molar-refractivity contribution in [3.05, 3.63) is 40.9 Å². The molecule has 100 valence electrons. The largest absolute Gasteiger partial charge is 0.439 e. The van der Waals surface area contributed by atoms with Crippen LogP contribution in [-0.4, -0.2) is 16.5 Å². The summed E-state index contributed by atoms with van der Waals surface area (Å²) in [5, 5.41) is 3.12. The Bertz CT molecular complexity index is 592. The van der Waals surface area contributed by atoms with Gasteiger partial charge in [0.1, 0.15) is 23.2 Å². The summed E-state index contributed by atoms with van der Waals surface area (Å²) >= 11 is 5.61. The van der Waals surface area contributed by atoms with Crippen molar-refractivity contribution < 1.29 is 9.13 Å². The molecule has 0 saturated heterocycles. The average Bonchev–Trinajstić information content (AvgIpc) is 2.33. The van der Waals surface area contributed by atoms with Crippen LogP contribution in [0.5, 0.6) is 11.6 Å². The molecule has 0 radical (unpaired) electrons. The van der Waals surface area contributed by atoms with Crippen LogP contribution in [0.2, 0.25) is 5.02 Å². The fourth-order valence-electron chi connectivity index (χ4n) is 1.53. The normalized spacial score (nSPS) is 10.3. The van der Waals surface area contributed by atoms with E-state index in [1.54, 1.807) is 19.1 Å². The maximum absolute atomic E-state index is 13.3. The SMILES string of the molecule is CCNc1cc(Oc2ccc(Cl)c(F)c2)nc(C)n1. The van der Waals surface area contributed by atoms with E-state index in [4.69, 9.17) is 16.3 Å². The minimum absolute atomic E-state index is 0.0551. The van der Waals surface area contributed by atoms with E-state index in [1.807, 2.05) is 6.92 Å². The predicted molar refractivity (Wildman–Crippen MR) is 72.4 cm³/mol. The molecule has 0 aliphatic heterocycles. The third-order valence-corrected chi connectivity index (χ3v) is 2.59. The van der Waals surface area contributed by atoms with Gasteiger partial charge in [0.25, 0.3) is 0 Å². The first-order valence-corrected chi connectivity index (χ1v) is 6.18. The molecule has 0 atom stereocenters. The minimum Gasteiger partial charge on any atom is -0.439 e. The lowest BCUT2D eigenvalue weighted by atomic mass is 10.3. The van der Waals surface area contributed by atoms with Gasteiger partial charge in [-0.3, -0.25) is 0 Å². The molecule has 0 saturated carbocycles. The zero-order valence-corrected chi connectivity index (χ0v) is 11.3. The number of anilines is 1. The lowest BCUT2D eigenvalue weighted by Gasteiger charge is -2.08. The molecule has 1 aromatic heterocycles. The van der Waals surface area contributed by atoms with Crippen molar-refractivity contribution in [2.75, 3.05) is 11.9 Å². The van der Waals surface area contributed by atoms with E-state index in [0.29, 0.717) is 23.3 Å². The number of halogens is 2. The van der Waals surface area contributed by atoms with Crippen molar-refractivity contribution in [2.45, 2.75) is 13.8 Å². The van der Waals surface area contributed by atoms with Crippen molar-refractivity contribution in [3.8, 4) is 11.6 Å². The van der Waals surface area contributed by atoms with Crippen molar-refractivity contribution in [1.82, 2.24) is 9.97 Å². The summed E-state index contributed by atoms with van der Waals surface area (Å²) in [6.45, 7) is 4.47. The standard InChI is InChI=1S/C13H13ClFN3O/c1-3-16-12-7-13(18-8(2)17-12)19-9-4-5-10(14)11(15)6-9/h4-7H,3H2,1-2H3,(H,16,17,18). The molecule has 1 N–H and O–H groups in total. The highest BCUT2D eigenvalue weighted by Crippen LogP contribution is 2.25. The lowest BCUT2D eigenvalue weighted by molar-refractivity contribution is 0.455. The number of rotatable bonds is 4. The van der Waals surface area contributed by atoms with Gasteiger partial charge >= 0.3 is 0 Å². The summed E-state index contributed by atoms with van der Waals surface area (Å²) in [5.74, 6) is 1.40. The second-order valence-corrected chi connectivity index (χ2v) is 4.25. The van der Waals surface area contributed by atoms with Gasteiger partial charge in [0, 0.05) is 18.7 Å². The molecule has 0 aliphatic carbocycles. The second kappa shape index (κ2) is 5.84. The summed E-state index contributed by atoms with van der Waals surface area (Å²) in [4.78, 5) is 8.33. The van der Waals surface area contributed by atoms with Crippen LogP contribution in [0.1, 0.15) is 12.7 Å². The van der Waals surface area contributed by atoms with E-state index in [1.165, 1.54) is 12.1 Å². The fourth-order valence-corrected chi connectivity index (χ4v) is 1.64. The number of benzene rings is 1. The van der Waals surface area contributed by atoms with Gasteiger partial charge < -0.3 is 10.1 Å². The molecule has 0 fully saturated rings. The summed E-state index contributed by atoms with van der Waals surface area (Å²) in [5.41, 5.74) is 0. The average molecular weight is 282 g/mol. The third kappa shape index (κ3) is 3.54. The molecular weight excluding hydrogens is 269 g/mol. The van der Waals surface area contributed by atoms with Crippen LogP contribution in [0.15, 0.2) is 24.3 Å². The molecule has 6 heteroatoms. The molecule has 0 aliphatic rings. The minimum atomic E-state index is -0.531. The number of hydrogen-bond donors (Lipinski definition) is 1. The molecule has 0 amide bonds. The Morgan fingerprint density at radius 1 is 1.32 bits per heavy atom. The number of nitrogens with zero attached hydrogens (tertiary/aromatic N) is 2. The third-order valence-electron chi connectivity index (χ3n) is 2.29. The number of aryl methyl sites for hydroxylation is 1. The van der Waals surface area contributed by atoms with E-state index >= 15 is 0 Å². The number of hydrogen-bond acceptors (Lipinski definition) is 4. The van der Waals surface area contributed by atoms with Crippen molar-refractivity contribution in [2.24, 2.45) is 0 Å². The van der Waals surface area contributed by atoms with Gasteiger partial charge in [0.2, 0.25) is 5.88 Å². The zero-order chi connectivity index (χ0) is 13.8. The van der Waals surface area contributed by atoms with Crippen molar-refractivity contribution in [3.63, 3.8) is 0 Å². The smallest absolute Gasteiger partial charge is 0.224 e. The number of ether oxygens (including phenoxy) is 1. The number of nitrogens with one attached hydrogen (secondary N) is 1. The first-order chi connectivity index (χ1) is 9.08. The summed E-state index contributed by atoms with van der Waals surface area (Å²) in [6.07, 6.45) is 0. The van der Waals surface area contributed by atoms with Crippen LogP contribution < -0.4 is 10.1 Å². The van der Waals surface area contributed by atoms with Gasteiger partial charge in [-0.1, -0.05) is 11.6 Å². The topological polar surface area (TPSA) is 47.0 Å². The molecular formula is C13H13ClFN3O. The van der Waals surface area contributed by atoms with Crippen LogP contribution in [0, 0.1) is 12.7 Å². The molecule has 19 heavy (non-hydrogen) atoms. The molecule has 1 heterocycles. The van der Waals surface area contributed by atoms with Crippen LogP contribution in [0.25, 0.3) is 0 Å². The summed E-state index contributed by atoms with van der Waals surface area (Å²) in [7, 11) is 0. The van der Waals surface area contributed by atoms with Crippen molar-refractivity contribution >= 4 is 17.4 Å². The van der Waals surface area contributed by atoms with Crippen molar-refractivity contribution in [1.29, 1.82) is 0 Å². The monoisotopic (exact) mass is 281 g/mol. The molecule has 0 unspecified atom stereocenters. The first-order valence-electron chi connectivity index (χ1n) is 5.81. The summed E-state index contributed by atoms with van der Waals surface area (Å²) in [6, 6.07) is 5.89. The maximum atomic E-state index is 13.3.